The average molecular weight is 278 g/mol. The Morgan fingerprint density at radius 3 is 2.60 bits per heavy atom. The number of methoxy groups -OCH3 is 1. The third-order valence-corrected chi connectivity index (χ3v) is 2.48. The van der Waals surface area contributed by atoms with Crippen LogP contribution in [-0.4, -0.2) is 30.4 Å². The number of carboxylic acid groups (broad SMARTS) is 1. The molecule has 1 aromatic carbocycles. The van der Waals surface area contributed by atoms with Gasteiger partial charge in [0.25, 0.3) is 0 Å². The van der Waals surface area contributed by atoms with Crippen molar-refractivity contribution in [2.45, 2.75) is 13.3 Å². The minimum absolute atomic E-state index is 0.0244. The van der Waals surface area contributed by atoms with Gasteiger partial charge >= 0.3 is 11.9 Å². The molecule has 1 rings (SSSR count). The molecule has 6 nitrogen and oxygen atoms in total. The van der Waals surface area contributed by atoms with E-state index in [1.54, 1.807) is 12.1 Å². The van der Waals surface area contributed by atoms with Crippen molar-refractivity contribution in [1.29, 1.82) is 0 Å². The molecule has 1 aromatic rings. The van der Waals surface area contributed by atoms with Gasteiger partial charge < -0.3 is 14.6 Å². The van der Waals surface area contributed by atoms with Crippen LogP contribution in [0.1, 0.15) is 23.7 Å². The quantitative estimate of drug-likeness (QED) is 0.369. The van der Waals surface area contributed by atoms with Gasteiger partial charge in [0.05, 0.1) is 19.1 Å². The molecule has 0 saturated heterocycles. The number of hydrogen-bond acceptors (Lipinski definition) is 5. The Morgan fingerprint density at radius 2 is 2.05 bits per heavy atom. The lowest BCUT2D eigenvalue weighted by Crippen LogP contribution is -2.10. The summed E-state index contributed by atoms with van der Waals surface area (Å²) < 4.78 is 10.1. The molecular formula is C14H14O6. The van der Waals surface area contributed by atoms with E-state index in [1.807, 2.05) is 0 Å². The second-order valence-electron chi connectivity index (χ2n) is 3.87. The van der Waals surface area contributed by atoms with Crippen LogP contribution >= 0.6 is 0 Å². The standard InChI is InChI=1S/C14H14O6/c1-9(14(17)18)6-7-12(16)20-13-10(8-15)4-3-5-11(13)19-2/h3-6,8H,7H2,1-2H3,(H,17,18). The van der Waals surface area contributed by atoms with Crippen LogP contribution in [0.25, 0.3) is 0 Å². The number of esters is 1. The molecule has 0 unspecified atom stereocenters. The number of carbonyl (C=O) groups is 3. The Kier molecular flexibility index (Phi) is 5.46. The van der Waals surface area contributed by atoms with Crippen LogP contribution in [0.2, 0.25) is 0 Å². The second kappa shape index (κ2) is 7.08. The van der Waals surface area contributed by atoms with E-state index in [0.717, 1.165) is 0 Å². The highest BCUT2D eigenvalue weighted by Gasteiger charge is 2.14. The monoisotopic (exact) mass is 278 g/mol. The summed E-state index contributed by atoms with van der Waals surface area (Å²) in [4.78, 5) is 33.1. The predicted molar refractivity (Wildman–Crippen MR) is 70.0 cm³/mol. The van der Waals surface area contributed by atoms with Gasteiger partial charge in [0.1, 0.15) is 0 Å². The van der Waals surface area contributed by atoms with Gasteiger partial charge in [-0.15, -0.1) is 0 Å². The van der Waals surface area contributed by atoms with Crippen molar-refractivity contribution in [2.24, 2.45) is 0 Å². The molecule has 0 spiro atoms. The fraction of sp³-hybridized carbons (Fsp3) is 0.214. The molecule has 0 fully saturated rings. The van der Waals surface area contributed by atoms with E-state index in [1.165, 1.54) is 26.2 Å². The molecule has 0 heterocycles. The van der Waals surface area contributed by atoms with Gasteiger partial charge in [0, 0.05) is 5.57 Å². The first-order chi connectivity index (χ1) is 9.49. The van der Waals surface area contributed by atoms with Crippen LogP contribution in [0.3, 0.4) is 0 Å². The summed E-state index contributed by atoms with van der Waals surface area (Å²) in [5.41, 5.74) is 0.217. The van der Waals surface area contributed by atoms with Gasteiger partial charge in [-0.05, 0) is 19.1 Å². The predicted octanol–water partition coefficient (Wildman–Crippen LogP) is 1.83. The largest absolute Gasteiger partial charge is 0.493 e. The first-order valence-electron chi connectivity index (χ1n) is 5.72. The topological polar surface area (TPSA) is 89.9 Å². The Balaban J connectivity index is 2.88. The van der Waals surface area contributed by atoms with Crippen LogP contribution < -0.4 is 9.47 Å². The molecule has 0 amide bonds. The van der Waals surface area contributed by atoms with Crippen molar-refractivity contribution in [1.82, 2.24) is 0 Å². The molecule has 0 bridgehead atoms. The van der Waals surface area contributed by atoms with Crippen molar-refractivity contribution in [3.8, 4) is 11.5 Å². The molecule has 0 aliphatic heterocycles. The minimum Gasteiger partial charge on any atom is -0.493 e. The number of hydrogen-bond donors (Lipinski definition) is 1. The molecule has 0 radical (unpaired) electrons. The number of carboxylic acids is 1. The molecule has 6 heteroatoms. The van der Waals surface area contributed by atoms with Crippen molar-refractivity contribution in [3.63, 3.8) is 0 Å². The summed E-state index contributed by atoms with van der Waals surface area (Å²) in [5, 5.41) is 8.66. The van der Waals surface area contributed by atoms with E-state index in [9.17, 15) is 14.4 Å². The lowest BCUT2D eigenvalue weighted by Gasteiger charge is -2.10. The Hall–Kier alpha value is -2.63. The van der Waals surface area contributed by atoms with E-state index < -0.39 is 11.9 Å². The van der Waals surface area contributed by atoms with E-state index in [4.69, 9.17) is 14.6 Å². The van der Waals surface area contributed by atoms with Crippen molar-refractivity contribution in [3.05, 3.63) is 35.4 Å². The first-order valence-corrected chi connectivity index (χ1v) is 5.72. The van der Waals surface area contributed by atoms with Crippen LogP contribution in [-0.2, 0) is 9.59 Å². The zero-order valence-corrected chi connectivity index (χ0v) is 11.1. The van der Waals surface area contributed by atoms with Gasteiger partial charge in [-0.25, -0.2) is 4.79 Å². The highest BCUT2D eigenvalue weighted by atomic mass is 16.6. The van der Waals surface area contributed by atoms with Crippen LogP contribution in [0, 0.1) is 0 Å². The maximum Gasteiger partial charge on any atom is 0.330 e. The number of para-hydroxylation sites is 1. The van der Waals surface area contributed by atoms with E-state index in [0.29, 0.717) is 6.29 Å². The molecule has 0 aromatic heterocycles. The fourth-order valence-electron chi connectivity index (χ4n) is 1.37. The van der Waals surface area contributed by atoms with Crippen molar-refractivity contribution < 1.29 is 29.0 Å². The van der Waals surface area contributed by atoms with E-state index in [2.05, 4.69) is 0 Å². The van der Waals surface area contributed by atoms with Gasteiger partial charge in [-0.2, -0.15) is 0 Å². The molecule has 0 saturated carbocycles. The molecule has 0 aliphatic rings. The summed E-state index contributed by atoms with van der Waals surface area (Å²) in [6, 6.07) is 4.62. The average Bonchev–Trinajstić information content (AvgIpc) is 2.44. The molecular weight excluding hydrogens is 264 g/mol. The zero-order valence-electron chi connectivity index (χ0n) is 11.1. The highest BCUT2D eigenvalue weighted by molar-refractivity contribution is 5.88. The SMILES string of the molecule is COc1cccc(C=O)c1OC(=O)CC=C(C)C(=O)O. The number of benzene rings is 1. The third kappa shape index (κ3) is 3.94. The van der Waals surface area contributed by atoms with E-state index in [-0.39, 0.29) is 29.1 Å². The maximum absolute atomic E-state index is 11.6. The Bertz CT molecular complexity index is 559. The molecule has 20 heavy (non-hydrogen) atoms. The Morgan fingerprint density at radius 1 is 1.35 bits per heavy atom. The van der Waals surface area contributed by atoms with Crippen molar-refractivity contribution in [2.75, 3.05) is 7.11 Å². The molecule has 0 aliphatic carbocycles. The van der Waals surface area contributed by atoms with Gasteiger partial charge in [-0.1, -0.05) is 12.1 Å². The smallest absolute Gasteiger partial charge is 0.330 e. The Labute approximate surface area is 115 Å². The maximum atomic E-state index is 11.6. The normalized spacial score (nSPS) is 10.8. The number of ether oxygens (including phenoxy) is 2. The van der Waals surface area contributed by atoms with Crippen LogP contribution in [0.5, 0.6) is 11.5 Å². The van der Waals surface area contributed by atoms with Crippen LogP contribution in [0.15, 0.2) is 29.8 Å². The minimum atomic E-state index is -1.11. The van der Waals surface area contributed by atoms with Crippen LogP contribution in [0.4, 0.5) is 0 Å². The molecule has 106 valence electrons. The highest BCUT2D eigenvalue weighted by Crippen LogP contribution is 2.30. The molecule has 0 atom stereocenters. The summed E-state index contributed by atoms with van der Waals surface area (Å²) >= 11 is 0. The number of aliphatic carboxylic acids is 1. The third-order valence-electron chi connectivity index (χ3n) is 2.48. The summed E-state index contributed by atoms with van der Waals surface area (Å²) in [5.74, 6) is -1.51. The van der Waals surface area contributed by atoms with Crippen molar-refractivity contribution >= 4 is 18.2 Å². The van der Waals surface area contributed by atoms with Gasteiger partial charge in [0.2, 0.25) is 0 Å². The molecule has 1 N–H and O–H groups in total. The summed E-state index contributed by atoms with van der Waals surface area (Å²) in [6.45, 7) is 1.37. The number of aldehydes is 1. The summed E-state index contributed by atoms with van der Waals surface area (Å²) in [7, 11) is 1.38. The lowest BCUT2D eigenvalue weighted by molar-refractivity contribution is -0.133. The van der Waals surface area contributed by atoms with E-state index >= 15 is 0 Å². The second-order valence-corrected chi connectivity index (χ2v) is 3.87. The summed E-state index contributed by atoms with van der Waals surface area (Å²) in [6.07, 6.45) is 1.57. The number of carbonyl (C=O) groups excluding carboxylic acids is 2. The van der Waals surface area contributed by atoms with Gasteiger partial charge in [-0.3, -0.25) is 9.59 Å². The first kappa shape index (κ1) is 15.4. The number of rotatable bonds is 6. The lowest BCUT2D eigenvalue weighted by atomic mass is 10.2. The fourth-order valence-corrected chi connectivity index (χ4v) is 1.37. The zero-order chi connectivity index (χ0) is 15.1. The van der Waals surface area contributed by atoms with Gasteiger partial charge in [0.15, 0.2) is 17.8 Å².